The maximum atomic E-state index is 12.5. The summed E-state index contributed by atoms with van der Waals surface area (Å²) >= 11 is 6.06. The first-order chi connectivity index (χ1) is 12.4. The minimum absolute atomic E-state index is 0.0844. The highest BCUT2D eigenvalue weighted by Gasteiger charge is 2.14. The van der Waals surface area contributed by atoms with Crippen molar-refractivity contribution >= 4 is 34.9 Å². The monoisotopic (exact) mass is 370 g/mol. The van der Waals surface area contributed by atoms with Crippen molar-refractivity contribution < 1.29 is 14.1 Å². The molecule has 0 aliphatic rings. The Kier molecular flexibility index (Phi) is 4.99. The topological polar surface area (TPSA) is 97.1 Å². The van der Waals surface area contributed by atoms with Crippen LogP contribution >= 0.6 is 11.6 Å². The summed E-state index contributed by atoms with van der Waals surface area (Å²) in [6.07, 6.45) is 1.39. The van der Waals surface area contributed by atoms with Gasteiger partial charge in [0, 0.05) is 28.5 Å². The molecule has 2 N–H and O–H groups in total. The number of hydrogen-bond acceptors (Lipinski definition) is 5. The summed E-state index contributed by atoms with van der Waals surface area (Å²) in [5, 5.41) is 9.57. The molecular formula is C18H15ClN4O3. The molecule has 26 heavy (non-hydrogen) atoms. The van der Waals surface area contributed by atoms with Crippen molar-refractivity contribution in [1.29, 1.82) is 0 Å². The van der Waals surface area contributed by atoms with Crippen molar-refractivity contribution in [3.05, 3.63) is 70.2 Å². The van der Waals surface area contributed by atoms with Gasteiger partial charge in [0.2, 0.25) is 0 Å². The fourth-order valence-corrected chi connectivity index (χ4v) is 2.41. The van der Waals surface area contributed by atoms with Crippen LogP contribution in [0.15, 0.2) is 47.1 Å². The van der Waals surface area contributed by atoms with Crippen LogP contribution in [0.3, 0.4) is 0 Å². The number of halogens is 1. The van der Waals surface area contributed by atoms with Crippen molar-refractivity contribution in [1.82, 2.24) is 10.1 Å². The summed E-state index contributed by atoms with van der Waals surface area (Å²) in [5.74, 6) is -0.0204. The van der Waals surface area contributed by atoms with Crippen LogP contribution in [0.4, 0.5) is 11.5 Å². The Balaban J connectivity index is 1.76. The third kappa shape index (κ3) is 3.89. The Morgan fingerprint density at radius 3 is 2.62 bits per heavy atom. The van der Waals surface area contributed by atoms with Gasteiger partial charge in [0.25, 0.3) is 11.8 Å². The first kappa shape index (κ1) is 17.6. The van der Waals surface area contributed by atoms with E-state index in [4.69, 9.17) is 16.1 Å². The molecule has 3 rings (SSSR count). The van der Waals surface area contributed by atoms with E-state index >= 15 is 0 Å². The third-order valence-electron chi connectivity index (χ3n) is 3.64. The smallest absolute Gasteiger partial charge is 0.275 e. The summed E-state index contributed by atoms with van der Waals surface area (Å²) in [7, 11) is 0. The van der Waals surface area contributed by atoms with Crippen LogP contribution in [-0.4, -0.2) is 22.0 Å². The summed E-state index contributed by atoms with van der Waals surface area (Å²) in [6, 6.07) is 9.74. The fourth-order valence-electron chi connectivity index (χ4n) is 2.24. The first-order valence-electron chi connectivity index (χ1n) is 7.71. The Morgan fingerprint density at radius 1 is 1.08 bits per heavy atom. The maximum Gasteiger partial charge on any atom is 0.275 e. The fraction of sp³-hybridized carbons (Fsp3) is 0.111. The number of hydrogen-bond donors (Lipinski definition) is 2. The van der Waals surface area contributed by atoms with E-state index in [1.54, 1.807) is 31.2 Å². The zero-order valence-corrected chi connectivity index (χ0v) is 14.8. The van der Waals surface area contributed by atoms with Gasteiger partial charge >= 0.3 is 0 Å². The van der Waals surface area contributed by atoms with Crippen molar-refractivity contribution in [2.75, 3.05) is 10.6 Å². The molecule has 0 spiro atoms. The lowest BCUT2D eigenvalue weighted by Crippen LogP contribution is -2.17. The van der Waals surface area contributed by atoms with Gasteiger partial charge < -0.3 is 15.2 Å². The van der Waals surface area contributed by atoms with Crippen LogP contribution in [0.1, 0.15) is 32.2 Å². The van der Waals surface area contributed by atoms with E-state index in [1.807, 2.05) is 6.92 Å². The van der Waals surface area contributed by atoms with Crippen molar-refractivity contribution in [2.24, 2.45) is 0 Å². The van der Waals surface area contributed by atoms with Gasteiger partial charge in [0.1, 0.15) is 11.5 Å². The van der Waals surface area contributed by atoms with Crippen molar-refractivity contribution in [3.8, 4) is 0 Å². The van der Waals surface area contributed by atoms with Crippen LogP contribution in [0.5, 0.6) is 0 Å². The molecule has 0 bridgehead atoms. The molecular weight excluding hydrogens is 356 g/mol. The average Bonchev–Trinajstić information content (AvgIpc) is 3.03. The number of aromatic nitrogens is 2. The van der Waals surface area contributed by atoms with E-state index in [9.17, 15) is 9.59 Å². The van der Waals surface area contributed by atoms with Gasteiger partial charge in [0.15, 0.2) is 5.82 Å². The predicted molar refractivity (Wildman–Crippen MR) is 97.6 cm³/mol. The first-order valence-corrected chi connectivity index (χ1v) is 8.09. The molecule has 0 atom stereocenters. The van der Waals surface area contributed by atoms with Crippen molar-refractivity contribution in [2.45, 2.75) is 13.8 Å². The molecule has 1 aromatic carbocycles. The van der Waals surface area contributed by atoms with E-state index in [0.29, 0.717) is 22.0 Å². The quantitative estimate of drug-likeness (QED) is 0.727. The largest absolute Gasteiger partial charge is 0.360 e. The maximum absolute atomic E-state index is 12.5. The van der Waals surface area contributed by atoms with E-state index in [0.717, 1.165) is 5.56 Å². The van der Waals surface area contributed by atoms with Gasteiger partial charge in [-0.15, -0.1) is 0 Å². The van der Waals surface area contributed by atoms with Gasteiger partial charge in [-0.3, -0.25) is 14.6 Å². The number of nitrogens with zero attached hydrogens (tertiary/aromatic N) is 2. The Hall–Kier alpha value is -3.19. The lowest BCUT2D eigenvalue weighted by molar-refractivity contribution is 0.102. The van der Waals surface area contributed by atoms with Gasteiger partial charge in [-0.1, -0.05) is 22.8 Å². The van der Waals surface area contributed by atoms with Crippen LogP contribution in [0, 0.1) is 13.8 Å². The van der Waals surface area contributed by atoms with E-state index in [-0.39, 0.29) is 17.4 Å². The second-order valence-electron chi connectivity index (χ2n) is 5.57. The molecule has 0 aliphatic carbocycles. The Bertz CT molecular complexity index is 984. The van der Waals surface area contributed by atoms with Crippen LogP contribution in [0.2, 0.25) is 5.02 Å². The number of pyridine rings is 1. The molecule has 2 aromatic heterocycles. The average molecular weight is 371 g/mol. The third-order valence-corrected chi connectivity index (χ3v) is 4.05. The van der Waals surface area contributed by atoms with Crippen molar-refractivity contribution in [3.63, 3.8) is 0 Å². The zero-order valence-electron chi connectivity index (χ0n) is 14.0. The molecule has 0 unspecified atom stereocenters. The van der Waals surface area contributed by atoms with Crippen LogP contribution in [0.25, 0.3) is 0 Å². The zero-order chi connectivity index (χ0) is 18.7. The van der Waals surface area contributed by atoms with Gasteiger partial charge in [-0.05, 0) is 43.7 Å². The standard InChI is InChI=1S/C18H15ClN4O3/c1-10-8-16(23-26-10)22-18(25)15-9-12(6-7-20-15)17(24)21-14-5-3-4-13(19)11(14)2/h3-9H,1-2H3,(H,21,24)(H,22,23,25). The highest BCUT2D eigenvalue weighted by atomic mass is 35.5. The van der Waals surface area contributed by atoms with Gasteiger partial charge in [-0.2, -0.15) is 0 Å². The van der Waals surface area contributed by atoms with Gasteiger partial charge in [-0.25, -0.2) is 0 Å². The molecule has 0 fully saturated rings. The van der Waals surface area contributed by atoms with E-state index < -0.39 is 5.91 Å². The minimum atomic E-state index is -0.494. The number of rotatable bonds is 4. The van der Waals surface area contributed by atoms with E-state index in [1.165, 1.54) is 18.3 Å². The number of anilines is 2. The van der Waals surface area contributed by atoms with Crippen LogP contribution < -0.4 is 10.6 Å². The van der Waals surface area contributed by atoms with Gasteiger partial charge in [0.05, 0.1) is 0 Å². The summed E-state index contributed by atoms with van der Waals surface area (Å²) in [5.41, 5.74) is 1.74. The Morgan fingerprint density at radius 2 is 1.88 bits per heavy atom. The SMILES string of the molecule is Cc1cc(NC(=O)c2cc(C(=O)Nc3cccc(Cl)c3C)ccn2)no1. The summed E-state index contributed by atoms with van der Waals surface area (Å²) in [6.45, 7) is 3.52. The number of nitrogens with one attached hydrogen (secondary N) is 2. The van der Waals surface area contributed by atoms with E-state index in [2.05, 4.69) is 20.8 Å². The number of amides is 2. The van der Waals surface area contributed by atoms with Crippen LogP contribution in [-0.2, 0) is 0 Å². The molecule has 2 heterocycles. The number of carbonyl (C=O) groups excluding carboxylic acids is 2. The summed E-state index contributed by atoms with van der Waals surface area (Å²) in [4.78, 5) is 28.7. The second-order valence-corrected chi connectivity index (χ2v) is 5.98. The lowest BCUT2D eigenvalue weighted by Gasteiger charge is -2.10. The molecule has 0 saturated heterocycles. The summed E-state index contributed by atoms with van der Waals surface area (Å²) < 4.78 is 4.89. The molecule has 0 aliphatic heterocycles. The molecule has 7 nitrogen and oxygen atoms in total. The highest BCUT2D eigenvalue weighted by Crippen LogP contribution is 2.23. The molecule has 8 heteroatoms. The molecule has 132 valence electrons. The Labute approximate surface area is 154 Å². The number of aryl methyl sites for hydroxylation is 1. The number of carbonyl (C=O) groups is 2. The molecule has 3 aromatic rings. The second kappa shape index (κ2) is 7.37. The predicted octanol–water partition coefficient (Wildman–Crippen LogP) is 3.84. The number of benzene rings is 1. The molecule has 0 saturated carbocycles. The molecule has 2 amide bonds. The highest BCUT2D eigenvalue weighted by molar-refractivity contribution is 6.31. The minimum Gasteiger partial charge on any atom is -0.360 e. The molecule has 0 radical (unpaired) electrons. The lowest BCUT2D eigenvalue weighted by atomic mass is 10.1. The normalized spacial score (nSPS) is 10.4.